The van der Waals surface area contributed by atoms with Crippen molar-refractivity contribution in [1.29, 1.82) is 0 Å². The summed E-state index contributed by atoms with van der Waals surface area (Å²) < 4.78 is 0. The summed E-state index contributed by atoms with van der Waals surface area (Å²) in [4.78, 5) is 28.6. The Morgan fingerprint density at radius 1 is 1.00 bits per heavy atom. The number of aromatic nitrogens is 4. The zero-order chi connectivity index (χ0) is 16.8. The van der Waals surface area contributed by atoms with E-state index in [-0.39, 0.29) is 11.6 Å². The summed E-state index contributed by atoms with van der Waals surface area (Å²) >= 11 is 0. The van der Waals surface area contributed by atoms with Crippen LogP contribution in [0.25, 0.3) is 0 Å². The molecule has 2 aromatic heterocycles. The minimum absolute atomic E-state index is 0.194. The SMILES string of the molecule is Nc1ccccc1NC(=O)c1cnc(NCc2ncccn2)cn1. The molecule has 1 aromatic carbocycles. The fraction of sp³-hybridized carbons (Fsp3) is 0.0625. The van der Waals surface area contributed by atoms with E-state index in [9.17, 15) is 4.79 Å². The second-order valence-corrected chi connectivity index (χ2v) is 4.85. The molecule has 0 unspecified atom stereocenters. The van der Waals surface area contributed by atoms with Gasteiger partial charge in [0.25, 0.3) is 5.91 Å². The molecule has 3 aromatic rings. The van der Waals surface area contributed by atoms with Gasteiger partial charge in [0.15, 0.2) is 0 Å². The van der Waals surface area contributed by atoms with E-state index in [1.807, 2.05) is 0 Å². The molecule has 8 nitrogen and oxygen atoms in total. The van der Waals surface area contributed by atoms with E-state index in [4.69, 9.17) is 5.73 Å². The van der Waals surface area contributed by atoms with Crippen molar-refractivity contribution in [3.05, 3.63) is 66.6 Å². The van der Waals surface area contributed by atoms with Gasteiger partial charge in [-0.3, -0.25) is 4.79 Å². The van der Waals surface area contributed by atoms with Gasteiger partial charge in [0.2, 0.25) is 0 Å². The smallest absolute Gasteiger partial charge is 0.275 e. The van der Waals surface area contributed by atoms with Gasteiger partial charge in [0, 0.05) is 12.4 Å². The number of rotatable bonds is 5. The molecule has 8 heteroatoms. The van der Waals surface area contributed by atoms with Gasteiger partial charge in [0.05, 0.1) is 30.3 Å². The van der Waals surface area contributed by atoms with E-state index in [2.05, 4.69) is 30.6 Å². The number of hydrogen-bond acceptors (Lipinski definition) is 7. The number of benzene rings is 1. The van der Waals surface area contributed by atoms with Crippen LogP contribution in [0, 0.1) is 0 Å². The Morgan fingerprint density at radius 3 is 2.50 bits per heavy atom. The van der Waals surface area contributed by atoms with Crippen molar-refractivity contribution in [3.8, 4) is 0 Å². The van der Waals surface area contributed by atoms with Crippen molar-refractivity contribution in [3.63, 3.8) is 0 Å². The van der Waals surface area contributed by atoms with Crippen LogP contribution in [-0.4, -0.2) is 25.8 Å². The number of anilines is 3. The summed E-state index contributed by atoms with van der Waals surface area (Å²) in [5.41, 5.74) is 7.01. The third-order valence-corrected chi connectivity index (χ3v) is 3.14. The maximum Gasteiger partial charge on any atom is 0.275 e. The number of nitrogen functional groups attached to an aromatic ring is 1. The maximum atomic E-state index is 12.1. The molecule has 3 rings (SSSR count). The first-order chi connectivity index (χ1) is 11.7. The van der Waals surface area contributed by atoms with Crippen LogP contribution < -0.4 is 16.4 Å². The Balaban J connectivity index is 1.61. The third kappa shape index (κ3) is 3.80. The van der Waals surface area contributed by atoms with Crippen LogP contribution in [0.15, 0.2) is 55.1 Å². The monoisotopic (exact) mass is 321 g/mol. The highest BCUT2D eigenvalue weighted by Crippen LogP contribution is 2.17. The first-order valence-corrected chi connectivity index (χ1v) is 7.20. The Labute approximate surface area is 138 Å². The first-order valence-electron chi connectivity index (χ1n) is 7.20. The molecule has 0 spiro atoms. The number of para-hydroxylation sites is 2. The highest BCUT2D eigenvalue weighted by atomic mass is 16.1. The van der Waals surface area contributed by atoms with Gasteiger partial charge in [-0.1, -0.05) is 12.1 Å². The number of carbonyl (C=O) groups is 1. The van der Waals surface area contributed by atoms with Crippen LogP contribution in [0.4, 0.5) is 17.2 Å². The molecule has 120 valence electrons. The molecule has 0 saturated heterocycles. The zero-order valence-electron chi connectivity index (χ0n) is 12.7. The number of nitrogens with two attached hydrogens (primary N) is 1. The van der Waals surface area contributed by atoms with Crippen molar-refractivity contribution in [1.82, 2.24) is 19.9 Å². The van der Waals surface area contributed by atoms with Gasteiger partial charge in [-0.25, -0.2) is 19.9 Å². The molecule has 0 radical (unpaired) electrons. The van der Waals surface area contributed by atoms with Crippen LogP contribution in [0.2, 0.25) is 0 Å². The predicted molar refractivity (Wildman–Crippen MR) is 90.2 cm³/mol. The molecular formula is C16H15N7O. The summed E-state index contributed by atoms with van der Waals surface area (Å²) in [6, 6.07) is 8.75. The zero-order valence-corrected chi connectivity index (χ0v) is 12.7. The lowest BCUT2D eigenvalue weighted by Crippen LogP contribution is -2.15. The molecule has 0 bridgehead atoms. The average molecular weight is 321 g/mol. The normalized spacial score (nSPS) is 10.2. The minimum atomic E-state index is -0.377. The molecule has 0 fully saturated rings. The molecule has 0 aliphatic heterocycles. The highest BCUT2D eigenvalue weighted by Gasteiger charge is 2.10. The van der Waals surface area contributed by atoms with Crippen molar-refractivity contribution < 1.29 is 4.79 Å². The maximum absolute atomic E-state index is 12.1. The highest BCUT2D eigenvalue weighted by molar-refractivity contribution is 6.04. The minimum Gasteiger partial charge on any atom is -0.397 e. The summed E-state index contributed by atoms with van der Waals surface area (Å²) in [6.45, 7) is 0.418. The topological polar surface area (TPSA) is 119 Å². The van der Waals surface area contributed by atoms with Crippen LogP contribution in [0.1, 0.15) is 16.3 Å². The first kappa shape index (κ1) is 15.3. The van der Waals surface area contributed by atoms with Crippen molar-refractivity contribution in [2.75, 3.05) is 16.4 Å². The van der Waals surface area contributed by atoms with Crippen molar-refractivity contribution in [2.45, 2.75) is 6.54 Å². The summed E-state index contributed by atoms with van der Waals surface area (Å²) in [5.74, 6) is 0.789. The lowest BCUT2D eigenvalue weighted by Gasteiger charge is -2.08. The van der Waals surface area contributed by atoms with Crippen molar-refractivity contribution >= 4 is 23.1 Å². The largest absolute Gasteiger partial charge is 0.397 e. The van der Waals surface area contributed by atoms with Gasteiger partial charge in [-0.05, 0) is 18.2 Å². The summed E-state index contributed by atoms with van der Waals surface area (Å²) in [7, 11) is 0. The second-order valence-electron chi connectivity index (χ2n) is 4.85. The third-order valence-electron chi connectivity index (χ3n) is 3.14. The van der Waals surface area contributed by atoms with Gasteiger partial charge in [0.1, 0.15) is 17.3 Å². The molecule has 1 amide bonds. The van der Waals surface area contributed by atoms with E-state index in [1.165, 1.54) is 12.4 Å². The fourth-order valence-electron chi connectivity index (χ4n) is 1.92. The van der Waals surface area contributed by atoms with Crippen LogP contribution in [0.3, 0.4) is 0 Å². The van der Waals surface area contributed by atoms with E-state index >= 15 is 0 Å². The van der Waals surface area contributed by atoms with Crippen molar-refractivity contribution in [2.24, 2.45) is 0 Å². The van der Waals surface area contributed by atoms with Gasteiger partial charge in [-0.15, -0.1) is 0 Å². The Kier molecular flexibility index (Phi) is 4.57. The van der Waals surface area contributed by atoms with E-state index in [0.717, 1.165) is 0 Å². The number of amides is 1. The lowest BCUT2D eigenvalue weighted by atomic mass is 10.2. The molecule has 0 aliphatic rings. The van der Waals surface area contributed by atoms with E-state index in [1.54, 1.807) is 42.7 Å². The van der Waals surface area contributed by atoms with Gasteiger partial charge in [-0.2, -0.15) is 0 Å². The summed E-state index contributed by atoms with van der Waals surface area (Å²) in [6.07, 6.45) is 6.20. The quantitative estimate of drug-likeness (QED) is 0.612. The number of nitrogens with zero attached hydrogens (tertiary/aromatic N) is 4. The lowest BCUT2D eigenvalue weighted by molar-refractivity contribution is 0.102. The standard InChI is InChI=1S/C16H15N7O/c17-11-4-1-2-5-12(11)23-16(24)13-8-21-15(9-20-13)22-10-14-18-6-3-7-19-14/h1-9H,10,17H2,(H,21,22)(H,23,24). The summed E-state index contributed by atoms with van der Waals surface area (Å²) in [5, 5.41) is 5.73. The van der Waals surface area contributed by atoms with E-state index in [0.29, 0.717) is 29.6 Å². The van der Waals surface area contributed by atoms with Crippen LogP contribution in [-0.2, 0) is 6.54 Å². The number of hydrogen-bond donors (Lipinski definition) is 3. The Hall–Kier alpha value is -3.55. The number of carbonyl (C=O) groups excluding carboxylic acids is 1. The van der Waals surface area contributed by atoms with Crippen LogP contribution in [0.5, 0.6) is 0 Å². The average Bonchev–Trinajstić information content (AvgIpc) is 2.63. The Bertz CT molecular complexity index is 821. The fourth-order valence-corrected chi connectivity index (χ4v) is 1.92. The molecule has 0 aliphatic carbocycles. The molecular weight excluding hydrogens is 306 g/mol. The molecule has 2 heterocycles. The van der Waals surface area contributed by atoms with Gasteiger partial charge >= 0.3 is 0 Å². The second kappa shape index (κ2) is 7.14. The van der Waals surface area contributed by atoms with Gasteiger partial charge < -0.3 is 16.4 Å². The molecule has 0 atom stereocenters. The Morgan fingerprint density at radius 2 is 1.79 bits per heavy atom. The predicted octanol–water partition coefficient (Wildman–Crippen LogP) is 1.71. The van der Waals surface area contributed by atoms with E-state index < -0.39 is 0 Å². The molecule has 4 N–H and O–H groups in total. The van der Waals surface area contributed by atoms with Crippen LogP contribution >= 0.6 is 0 Å². The number of nitrogens with one attached hydrogen (secondary N) is 2. The molecule has 0 saturated carbocycles. The molecule has 24 heavy (non-hydrogen) atoms.